The summed E-state index contributed by atoms with van der Waals surface area (Å²) in [6, 6.07) is 7.13. The summed E-state index contributed by atoms with van der Waals surface area (Å²) in [7, 11) is 0. The number of oxazole rings is 1. The number of nitrogens with zero attached hydrogens (tertiary/aromatic N) is 4. The Labute approximate surface area is 124 Å². The van der Waals surface area contributed by atoms with E-state index in [0.717, 1.165) is 0 Å². The van der Waals surface area contributed by atoms with Gasteiger partial charge in [-0.05, 0) is 26.0 Å². The summed E-state index contributed by atoms with van der Waals surface area (Å²) in [4.78, 5) is 22.4. The molecule has 0 unspecified atom stereocenters. The van der Waals surface area contributed by atoms with Gasteiger partial charge in [-0.15, -0.1) is 0 Å². The molecule has 8 nitrogen and oxygen atoms in total. The Morgan fingerprint density at radius 1 is 1.27 bits per heavy atom. The molecule has 0 radical (unpaired) electrons. The molecule has 0 aliphatic heterocycles. The normalized spacial score (nSPS) is 11.2. The van der Waals surface area contributed by atoms with Gasteiger partial charge in [0, 0.05) is 6.54 Å². The lowest BCUT2D eigenvalue weighted by Gasteiger charge is -2.04. The number of para-hydroxylation sites is 2. The average molecular weight is 302 g/mol. The molecule has 0 N–H and O–H groups in total. The van der Waals surface area contributed by atoms with Crippen LogP contribution < -0.4 is 5.76 Å². The number of aryl methyl sites for hydroxylation is 3. The minimum atomic E-state index is -0.447. The molecular formula is C14H14N4O4. The second-order valence-corrected chi connectivity index (χ2v) is 4.99. The Bertz CT molecular complexity index is 919. The largest absolute Gasteiger partial charge is 0.420 e. The molecule has 3 aromatic rings. The van der Waals surface area contributed by atoms with Crippen molar-refractivity contribution in [2.75, 3.05) is 0 Å². The highest BCUT2D eigenvalue weighted by Crippen LogP contribution is 2.21. The smallest absolute Gasteiger partial charge is 0.408 e. The quantitative estimate of drug-likeness (QED) is 0.542. The monoisotopic (exact) mass is 302 g/mol. The highest BCUT2D eigenvalue weighted by atomic mass is 16.6. The number of fused-ring (bicyclic) bond motifs is 1. The van der Waals surface area contributed by atoms with Gasteiger partial charge < -0.3 is 4.42 Å². The standard InChI is InChI=1S/C14H14N4O4/c1-9-13(18(20)21)10(2)17(15-9)8-7-16-11-5-3-4-6-12(11)22-14(16)19/h3-6H,7-8H2,1-2H3. The van der Waals surface area contributed by atoms with Crippen molar-refractivity contribution in [3.8, 4) is 0 Å². The molecule has 8 heteroatoms. The fourth-order valence-electron chi connectivity index (χ4n) is 2.59. The summed E-state index contributed by atoms with van der Waals surface area (Å²) in [6.45, 7) is 3.92. The molecule has 2 aromatic heterocycles. The van der Waals surface area contributed by atoms with E-state index in [4.69, 9.17) is 4.42 Å². The van der Waals surface area contributed by atoms with E-state index in [1.165, 1.54) is 4.57 Å². The van der Waals surface area contributed by atoms with Crippen LogP contribution in [-0.4, -0.2) is 19.3 Å². The maximum absolute atomic E-state index is 11.9. The maximum Gasteiger partial charge on any atom is 0.420 e. The van der Waals surface area contributed by atoms with Gasteiger partial charge in [0.25, 0.3) is 0 Å². The lowest BCUT2D eigenvalue weighted by molar-refractivity contribution is -0.386. The number of hydrogen-bond acceptors (Lipinski definition) is 5. The lowest BCUT2D eigenvalue weighted by atomic mass is 10.3. The molecule has 0 fully saturated rings. The molecule has 0 atom stereocenters. The lowest BCUT2D eigenvalue weighted by Crippen LogP contribution is -2.18. The molecule has 2 heterocycles. The van der Waals surface area contributed by atoms with Crippen molar-refractivity contribution in [3.05, 3.63) is 56.3 Å². The number of rotatable bonds is 4. The first-order valence-corrected chi connectivity index (χ1v) is 6.76. The van der Waals surface area contributed by atoms with E-state index in [9.17, 15) is 14.9 Å². The van der Waals surface area contributed by atoms with E-state index < -0.39 is 10.7 Å². The average Bonchev–Trinajstić information content (AvgIpc) is 2.93. The van der Waals surface area contributed by atoms with Crippen molar-refractivity contribution >= 4 is 16.8 Å². The summed E-state index contributed by atoms with van der Waals surface area (Å²) in [5.41, 5.74) is 2.08. The van der Waals surface area contributed by atoms with Crippen LogP contribution in [0.15, 0.2) is 33.5 Å². The zero-order valence-electron chi connectivity index (χ0n) is 12.1. The fraction of sp³-hybridized carbons (Fsp3) is 0.286. The van der Waals surface area contributed by atoms with Gasteiger partial charge in [-0.25, -0.2) is 4.79 Å². The van der Waals surface area contributed by atoms with Crippen LogP contribution in [0, 0.1) is 24.0 Å². The zero-order valence-corrected chi connectivity index (χ0v) is 12.1. The van der Waals surface area contributed by atoms with Crippen molar-refractivity contribution < 1.29 is 9.34 Å². The Morgan fingerprint density at radius 2 is 2.00 bits per heavy atom. The van der Waals surface area contributed by atoms with E-state index in [1.54, 1.807) is 36.7 Å². The SMILES string of the molecule is Cc1nn(CCn2c(=O)oc3ccccc32)c(C)c1[N+](=O)[O-]. The molecule has 0 saturated heterocycles. The van der Waals surface area contributed by atoms with Gasteiger partial charge in [0.05, 0.1) is 17.0 Å². The third kappa shape index (κ3) is 2.18. The van der Waals surface area contributed by atoms with Crippen LogP contribution >= 0.6 is 0 Å². The topological polar surface area (TPSA) is 96.1 Å². The summed E-state index contributed by atoms with van der Waals surface area (Å²) in [5.74, 6) is -0.447. The van der Waals surface area contributed by atoms with Crippen molar-refractivity contribution in [2.24, 2.45) is 0 Å². The second kappa shape index (κ2) is 5.14. The first-order chi connectivity index (χ1) is 10.5. The van der Waals surface area contributed by atoms with Crippen molar-refractivity contribution in [2.45, 2.75) is 26.9 Å². The number of hydrogen-bond donors (Lipinski definition) is 0. The minimum Gasteiger partial charge on any atom is -0.408 e. The molecule has 22 heavy (non-hydrogen) atoms. The van der Waals surface area contributed by atoms with Crippen molar-refractivity contribution in [1.82, 2.24) is 14.3 Å². The molecule has 0 aliphatic rings. The Morgan fingerprint density at radius 3 is 2.68 bits per heavy atom. The number of aromatic nitrogens is 3. The second-order valence-electron chi connectivity index (χ2n) is 4.99. The van der Waals surface area contributed by atoms with E-state index in [1.807, 2.05) is 6.07 Å². The molecule has 0 spiro atoms. The van der Waals surface area contributed by atoms with Gasteiger partial charge in [-0.2, -0.15) is 5.10 Å². The Balaban J connectivity index is 1.92. The van der Waals surface area contributed by atoms with Gasteiger partial charge in [0.2, 0.25) is 0 Å². The van der Waals surface area contributed by atoms with Gasteiger partial charge >= 0.3 is 11.4 Å². The minimum absolute atomic E-state index is 0.0180. The summed E-state index contributed by atoms with van der Waals surface area (Å²) in [5, 5.41) is 15.2. The first kappa shape index (κ1) is 14.1. The number of benzene rings is 1. The van der Waals surface area contributed by atoms with Gasteiger partial charge in [-0.3, -0.25) is 19.4 Å². The van der Waals surface area contributed by atoms with Gasteiger partial charge in [0.15, 0.2) is 5.58 Å². The maximum atomic E-state index is 11.9. The summed E-state index contributed by atoms with van der Waals surface area (Å²) < 4.78 is 8.20. The predicted molar refractivity (Wildman–Crippen MR) is 78.8 cm³/mol. The van der Waals surface area contributed by atoms with Crippen LogP contribution in [0.3, 0.4) is 0 Å². The van der Waals surface area contributed by atoms with Gasteiger partial charge in [-0.1, -0.05) is 12.1 Å². The van der Waals surface area contributed by atoms with Crippen molar-refractivity contribution in [3.63, 3.8) is 0 Å². The fourth-order valence-corrected chi connectivity index (χ4v) is 2.59. The Kier molecular flexibility index (Phi) is 3.28. The summed E-state index contributed by atoms with van der Waals surface area (Å²) in [6.07, 6.45) is 0. The van der Waals surface area contributed by atoms with Gasteiger partial charge in [0.1, 0.15) is 11.4 Å². The zero-order chi connectivity index (χ0) is 15.9. The van der Waals surface area contributed by atoms with Crippen LogP contribution in [0.4, 0.5) is 5.69 Å². The molecule has 3 rings (SSSR count). The van der Waals surface area contributed by atoms with E-state index in [-0.39, 0.29) is 5.69 Å². The molecule has 0 amide bonds. The number of nitro groups is 1. The van der Waals surface area contributed by atoms with E-state index in [0.29, 0.717) is 35.6 Å². The third-order valence-corrected chi connectivity index (χ3v) is 3.63. The highest BCUT2D eigenvalue weighted by molar-refractivity contribution is 5.72. The van der Waals surface area contributed by atoms with Crippen LogP contribution in [-0.2, 0) is 13.1 Å². The highest BCUT2D eigenvalue weighted by Gasteiger charge is 2.21. The van der Waals surface area contributed by atoms with Crippen LogP contribution in [0.1, 0.15) is 11.4 Å². The molecular weight excluding hydrogens is 288 g/mol. The van der Waals surface area contributed by atoms with E-state index in [2.05, 4.69) is 5.10 Å². The van der Waals surface area contributed by atoms with Crippen LogP contribution in [0.5, 0.6) is 0 Å². The molecule has 1 aromatic carbocycles. The van der Waals surface area contributed by atoms with Crippen LogP contribution in [0.2, 0.25) is 0 Å². The third-order valence-electron chi connectivity index (χ3n) is 3.63. The first-order valence-electron chi connectivity index (χ1n) is 6.76. The Hall–Kier alpha value is -2.90. The predicted octanol–water partition coefficient (Wildman–Crippen LogP) is 2.02. The van der Waals surface area contributed by atoms with Crippen molar-refractivity contribution in [1.29, 1.82) is 0 Å². The molecule has 114 valence electrons. The van der Waals surface area contributed by atoms with E-state index >= 15 is 0 Å². The molecule has 0 aliphatic carbocycles. The van der Waals surface area contributed by atoms with Crippen LogP contribution in [0.25, 0.3) is 11.1 Å². The summed E-state index contributed by atoms with van der Waals surface area (Å²) >= 11 is 0. The molecule has 0 saturated carbocycles. The molecule has 0 bridgehead atoms.